The molecule has 1 aromatic heterocycles. The van der Waals surface area contributed by atoms with Crippen molar-refractivity contribution in [3.63, 3.8) is 0 Å². The average Bonchev–Trinajstić information content (AvgIpc) is 2.69. The maximum Gasteiger partial charge on any atom is 0.254 e. The van der Waals surface area contributed by atoms with E-state index in [0.29, 0.717) is 18.8 Å². The number of nitrogens with one attached hydrogen (secondary N) is 1. The van der Waals surface area contributed by atoms with Crippen LogP contribution in [-0.2, 0) is 0 Å². The summed E-state index contributed by atoms with van der Waals surface area (Å²) >= 11 is 0. The topological polar surface area (TPSA) is 72.3 Å². The number of rotatable bonds is 5. The Bertz CT molecular complexity index is 812. The zero-order valence-electron chi connectivity index (χ0n) is 14.4. The van der Waals surface area contributed by atoms with Gasteiger partial charge in [0.15, 0.2) is 0 Å². The zero-order valence-corrected chi connectivity index (χ0v) is 14.4. The quantitative estimate of drug-likeness (QED) is 0.885. The third-order valence-electron chi connectivity index (χ3n) is 4.38. The molecule has 0 radical (unpaired) electrons. The molecule has 1 aliphatic heterocycles. The van der Waals surface area contributed by atoms with Crippen LogP contribution in [0.3, 0.4) is 0 Å². The van der Waals surface area contributed by atoms with Gasteiger partial charge in [0, 0.05) is 39.3 Å². The molecule has 0 atom stereocenters. The van der Waals surface area contributed by atoms with Gasteiger partial charge in [-0.2, -0.15) is 5.26 Å². The minimum absolute atomic E-state index is 0.0702. The molecular weight excluding hydrogens is 333 g/mol. The van der Waals surface area contributed by atoms with Crippen LogP contribution in [-0.4, -0.2) is 55.1 Å². The number of piperazine rings is 1. The Hall–Kier alpha value is -2.98. The molecule has 134 valence electrons. The van der Waals surface area contributed by atoms with Crippen molar-refractivity contribution in [2.75, 3.05) is 44.2 Å². The highest BCUT2D eigenvalue weighted by molar-refractivity contribution is 5.94. The van der Waals surface area contributed by atoms with Crippen molar-refractivity contribution in [3.05, 3.63) is 59.5 Å². The smallest absolute Gasteiger partial charge is 0.254 e. The lowest BCUT2D eigenvalue weighted by atomic mass is 10.2. The van der Waals surface area contributed by atoms with E-state index in [0.717, 1.165) is 32.0 Å². The van der Waals surface area contributed by atoms with Crippen molar-refractivity contribution in [3.8, 4) is 6.07 Å². The van der Waals surface area contributed by atoms with Crippen LogP contribution in [0, 0.1) is 17.1 Å². The van der Waals surface area contributed by atoms with E-state index in [1.54, 1.807) is 18.2 Å². The number of hydrogen-bond donors (Lipinski definition) is 1. The second-order valence-corrected chi connectivity index (χ2v) is 6.06. The summed E-state index contributed by atoms with van der Waals surface area (Å²) in [6.45, 7) is 4.48. The molecule has 1 N–H and O–H groups in total. The van der Waals surface area contributed by atoms with Gasteiger partial charge in [-0.25, -0.2) is 9.37 Å². The molecule has 0 spiro atoms. The Kier molecular flexibility index (Phi) is 5.77. The molecule has 3 rings (SSSR count). The Labute approximate surface area is 151 Å². The number of amides is 1. The Morgan fingerprint density at radius 3 is 2.65 bits per heavy atom. The van der Waals surface area contributed by atoms with Crippen molar-refractivity contribution >= 4 is 11.7 Å². The van der Waals surface area contributed by atoms with E-state index in [4.69, 9.17) is 5.26 Å². The number of nitriles is 1. The summed E-state index contributed by atoms with van der Waals surface area (Å²) in [5, 5.41) is 11.7. The second kappa shape index (κ2) is 8.41. The highest BCUT2D eigenvalue weighted by Gasteiger charge is 2.18. The van der Waals surface area contributed by atoms with E-state index in [1.165, 1.54) is 12.1 Å². The average molecular weight is 353 g/mol. The van der Waals surface area contributed by atoms with Gasteiger partial charge in [0.05, 0.1) is 5.56 Å². The fraction of sp³-hybridized carbons (Fsp3) is 0.316. The number of hydrogen-bond acceptors (Lipinski definition) is 5. The number of aromatic nitrogens is 1. The molecule has 2 heterocycles. The van der Waals surface area contributed by atoms with Crippen LogP contribution >= 0.6 is 0 Å². The molecule has 0 bridgehead atoms. The summed E-state index contributed by atoms with van der Waals surface area (Å²) in [5.41, 5.74) is 0.488. The third kappa shape index (κ3) is 4.35. The largest absolute Gasteiger partial charge is 0.354 e. The predicted molar refractivity (Wildman–Crippen MR) is 96.3 cm³/mol. The van der Waals surface area contributed by atoms with Crippen molar-refractivity contribution in [1.29, 1.82) is 5.26 Å². The first kappa shape index (κ1) is 17.8. The standard InChI is InChI=1S/C19H20FN5O/c20-17-6-2-1-5-16(17)19(26)22-8-9-24-10-12-25(13-11-24)18-7-3-4-15(14-21)23-18/h1-7H,8-13H2,(H,22,26). The molecule has 0 aliphatic carbocycles. The van der Waals surface area contributed by atoms with Crippen LogP contribution in [0.25, 0.3) is 0 Å². The molecule has 6 nitrogen and oxygen atoms in total. The van der Waals surface area contributed by atoms with E-state index in [2.05, 4.69) is 26.2 Å². The van der Waals surface area contributed by atoms with Crippen molar-refractivity contribution in [2.24, 2.45) is 0 Å². The first-order chi connectivity index (χ1) is 12.7. The minimum Gasteiger partial charge on any atom is -0.354 e. The third-order valence-corrected chi connectivity index (χ3v) is 4.38. The molecule has 7 heteroatoms. The number of pyridine rings is 1. The molecule has 1 fully saturated rings. The predicted octanol–water partition coefficient (Wildman–Crippen LogP) is 1.64. The normalized spacial score (nSPS) is 14.7. The summed E-state index contributed by atoms with van der Waals surface area (Å²) in [4.78, 5) is 20.7. The monoisotopic (exact) mass is 353 g/mol. The summed E-state index contributed by atoms with van der Waals surface area (Å²) in [6, 6.07) is 13.5. The summed E-state index contributed by atoms with van der Waals surface area (Å²) < 4.78 is 13.6. The van der Waals surface area contributed by atoms with Gasteiger partial charge in [-0.3, -0.25) is 9.69 Å². The molecule has 1 saturated heterocycles. The maximum atomic E-state index is 13.6. The van der Waals surface area contributed by atoms with E-state index in [1.807, 2.05) is 12.1 Å². The van der Waals surface area contributed by atoms with E-state index >= 15 is 0 Å². The molecule has 1 aliphatic rings. The summed E-state index contributed by atoms with van der Waals surface area (Å²) in [6.07, 6.45) is 0. The first-order valence-corrected chi connectivity index (χ1v) is 8.54. The lowest BCUT2D eigenvalue weighted by molar-refractivity contribution is 0.0943. The lowest BCUT2D eigenvalue weighted by Gasteiger charge is -2.35. The van der Waals surface area contributed by atoms with E-state index in [-0.39, 0.29) is 11.5 Å². The fourth-order valence-corrected chi connectivity index (χ4v) is 2.93. The van der Waals surface area contributed by atoms with E-state index in [9.17, 15) is 9.18 Å². The number of anilines is 1. The fourth-order valence-electron chi connectivity index (χ4n) is 2.93. The van der Waals surface area contributed by atoms with Gasteiger partial charge in [0.2, 0.25) is 0 Å². The number of carbonyl (C=O) groups excluding carboxylic acids is 1. The number of carbonyl (C=O) groups is 1. The first-order valence-electron chi connectivity index (χ1n) is 8.54. The van der Waals surface area contributed by atoms with Crippen molar-refractivity contribution in [2.45, 2.75) is 0 Å². The zero-order chi connectivity index (χ0) is 18.4. The highest BCUT2D eigenvalue weighted by atomic mass is 19.1. The molecule has 2 aromatic rings. The minimum atomic E-state index is -0.509. The van der Waals surface area contributed by atoms with Gasteiger partial charge in [-0.05, 0) is 24.3 Å². The number of halogens is 1. The van der Waals surface area contributed by atoms with Crippen LogP contribution in [0.5, 0.6) is 0 Å². The number of benzene rings is 1. The van der Waals surface area contributed by atoms with Gasteiger partial charge in [0.25, 0.3) is 5.91 Å². The molecule has 0 saturated carbocycles. The molecule has 1 aromatic carbocycles. The Balaban J connectivity index is 1.44. The van der Waals surface area contributed by atoms with Crippen LogP contribution in [0.1, 0.15) is 16.1 Å². The van der Waals surface area contributed by atoms with E-state index < -0.39 is 5.82 Å². The van der Waals surface area contributed by atoms with Gasteiger partial charge >= 0.3 is 0 Å². The van der Waals surface area contributed by atoms with Crippen LogP contribution in [0.15, 0.2) is 42.5 Å². The molecular formula is C19H20FN5O. The van der Waals surface area contributed by atoms with Gasteiger partial charge in [-0.1, -0.05) is 18.2 Å². The van der Waals surface area contributed by atoms with Gasteiger partial charge < -0.3 is 10.2 Å². The molecule has 0 unspecified atom stereocenters. The van der Waals surface area contributed by atoms with Crippen LogP contribution in [0.2, 0.25) is 0 Å². The Morgan fingerprint density at radius 2 is 1.92 bits per heavy atom. The van der Waals surface area contributed by atoms with Gasteiger partial charge in [-0.15, -0.1) is 0 Å². The van der Waals surface area contributed by atoms with Crippen LogP contribution in [0.4, 0.5) is 10.2 Å². The molecule has 1 amide bonds. The SMILES string of the molecule is N#Cc1cccc(N2CCN(CCNC(=O)c3ccccc3F)CC2)n1. The van der Waals surface area contributed by atoms with Gasteiger partial charge in [0.1, 0.15) is 23.4 Å². The second-order valence-electron chi connectivity index (χ2n) is 6.06. The van der Waals surface area contributed by atoms with Crippen molar-refractivity contribution in [1.82, 2.24) is 15.2 Å². The van der Waals surface area contributed by atoms with Crippen molar-refractivity contribution < 1.29 is 9.18 Å². The van der Waals surface area contributed by atoms with Crippen LogP contribution < -0.4 is 10.2 Å². The summed E-state index contributed by atoms with van der Waals surface area (Å²) in [7, 11) is 0. The summed E-state index contributed by atoms with van der Waals surface area (Å²) in [5.74, 6) is -0.0819. The lowest BCUT2D eigenvalue weighted by Crippen LogP contribution is -2.48. The number of nitrogens with zero attached hydrogens (tertiary/aromatic N) is 4. The maximum absolute atomic E-state index is 13.6. The Morgan fingerprint density at radius 1 is 1.15 bits per heavy atom. The molecule has 26 heavy (non-hydrogen) atoms. The highest BCUT2D eigenvalue weighted by Crippen LogP contribution is 2.14.